The van der Waals surface area contributed by atoms with Crippen LogP contribution < -0.4 is 20.5 Å². The first-order chi connectivity index (χ1) is 17.6. The Labute approximate surface area is 213 Å². The standard InChI is InChI=1S/C23H22N8O5S/c1-12-6-16(28-19-17(12)18(32)14(20(33)34)8-31(19)22-25-11-26-37-22)30-9-23(36,10-30)21(35)27-15-5-4-13(7-24-15)29(2)3/h4-8,11,36H,9-10H2,1-3H3,(H,33,34)(H,24,27,35). The van der Waals surface area contributed by atoms with Crippen LogP contribution in [0, 0.1) is 6.92 Å². The molecule has 1 amide bonds. The smallest absolute Gasteiger partial charge is 0.341 e. The number of anilines is 3. The Kier molecular flexibility index (Phi) is 5.84. The molecule has 5 heterocycles. The summed E-state index contributed by atoms with van der Waals surface area (Å²) in [6.07, 6.45) is 4.11. The van der Waals surface area contributed by atoms with E-state index < -0.39 is 28.5 Å². The highest BCUT2D eigenvalue weighted by molar-refractivity contribution is 7.08. The van der Waals surface area contributed by atoms with E-state index in [2.05, 4.69) is 24.6 Å². The number of aryl methyl sites for hydroxylation is 1. The van der Waals surface area contributed by atoms with Gasteiger partial charge in [-0.25, -0.2) is 19.7 Å². The van der Waals surface area contributed by atoms with E-state index in [1.807, 2.05) is 19.0 Å². The molecule has 0 aromatic carbocycles. The van der Waals surface area contributed by atoms with Crippen molar-refractivity contribution in [3.63, 3.8) is 0 Å². The summed E-state index contributed by atoms with van der Waals surface area (Å²) in [4.78, 5) is 53.9. The van der Waals surface area contributed by atoms with Crippen molar-refractivity contribution in [3.8, 4) is 5.13 Å². The van der Waals surface area contributed by atoms with Crippen molar-refractivity contribution >= 4 is 51.8 Å². The summed E-state index contributed by atoms with van der Waals surface area (Å²) in [6.45, 7) is 1.60. The molecule has 0 unspecified atom stereocenters. The lowest BCUT2D eigenvalue weighted by Crippen LogP contribution is -2.68. The van der Waals surface area contributed by atoms with Crippen molar-refractivity contribution in [2.24, 2.45) is 0 Å². The van der Waals surface area contributed by atoms with Crippen LogP contribution in [0.1, 0.15) is 15.9 Å². The lowest BCUT2D eigenvalue weighted by Gasteiger charge is -2.45. The number of carboxylic acids is 1. The molecule has 3 N–H and O–H groups in total. The van der Waals surface area contributed by atoms with E-state index in [9.17, 15) is 24.6 Å². The number of aliphatic hydroxyl groups is 1. The number of hydrogen-bond donors (Lipinski definition) is 3. The highest BCUT2D eigenvalue weighted by Gasteiger charge is 2.48. The number of nitrogens with zero attached hydrogens (tertiary/aromatic N) is 7. The zero-order valence-corrected chi connectivity index (χ0v) is 20.9. The molecular formula is C23H22N8O5S. The van der Waals surface area contributed by atoms with Crippen LogP contribution in [0.25, 0.3) is 16.2 Å². The van der Waals surface area contributed by atoms with Crippen LogP contribution >= 0.6 is 11.5 Å². The van der Waals surface area contributed by atoms with Crippen LogP contribution in [-0.4, -0.2) is 78.8 Å². The first kappa shape index (κ1) is 24.3. The molecule has 0 atom stereocenters. The van der Waals surface area contributed by atoms with Crippen LogP contribution in [0.15, 0.2) is 41.7 Å². The minimum Gasteiger partial charge on any atom is -0.477 e. The lowest BCUT2D eigenvalue weighted by molar-refractivity contribution is -0.136. The molecule has 0 spiro atoms. The quantitative estimate of drug-likeness (QED) is 0.329. The Balaban J connectivity index is 1.43. The fourth-order valence-electron chi connectivity index (χ4n) is 4.06. The third-order valence-electron chi connectivity index (χ3n) is 6.09. The predicted octanol–water partition coefficient (Wildman–Crippen LogP) is 0.895. The second-order valence-corrected chi connectivity index (χ2v) is 9.66. The normalized spacial score (nSPS) is 14.3. The minimum absolute atomic E-state index is 0.0389. The van der Waals surface area contributed by atoms with Crippen LogP contribution in [0.3, 0.4) is 0 Å². The van der Waals surface area contributed by atoms with Gasteiger partial charge in [-0.15, -0.1) is 0 Å². The number of pyridine rings is 3. The zero-order valence-electron chi connectivity index (χ0n) is 20.0. The maximum absolute atomic E-state index is 12.9. The topological polar surface area (TPSA) is 167 Å². The Morgan fingerprint density at radius 3 is 2.57 bits per heavy atom. The lowest BCUT2D eigenvalue weighted by atomic mass is 9.92. The molecule has 4 aromatic rings. The first-order valence-corrected chi connectivity index (χ1v) is 11.8. The minimum atomic E-state index is -1.67. The number of hydrogen-bond acceptors (Lipinski definition) is 11. The van der Waals surface area contributed by atoms with Gasteiger partial charge >= 0.3 is 5.97 Å². The fourth-order valence-corrected chi connectivity index (χ4v) is 4.57. The first-order valence-electron chi connectivity index (χ1n) is 11.1. The molecule has 5 rings (SSSR count). The molecule has 190 valence electrons. The van der Waals surface area contributed by atoms with Gasteiger partial charge in [-0.1, -0.05) is 0 Å². The van der Waals surface area contributed by atoms with Gasteiger partial charge in [-0.2, -0.15) is 4.37 Å². The summed E-state index contributed by atoms with van der Waals surface area (Å²) in [5.41, 5.74) is -1.18. The second kappa shape index (κ2) is 8.90. The van der Waals surface area contributed by atoms with Gasteiger partial charge in [0.2, 0.25) is 10.6 Å². The van der Waals surface area contributed by atoms with Crippen molar-refractivity contribution in [2.45, 2.75) is 12.5 Å². The molecule has 0 bridgehead atoms. The maximum Gasteiger partial charge on any atom is 0.341 e. The molecule has 0 radical (unpaired) electrons. The number of fused-ring (bicyclic) bond motifs is 1. The van der Waals surface area contributed by atoms with Gasteiger partial charge in [0.1, 0.15) is 23.5 Å². The van der Waals surface area contributed by atoms with E-state index in [0.29, 0.717) is 22.3 Å². The van der Waals surface area contributed by atoms with E-state index in [1.165, 1.54) is 17.1 Å². The largest absolute Gasteiger partial charge is 0.477 e. The Morgan fingerprint density at radius 1 is 1.22 bits per heavy atom. The molecular weight excluding hydrogens is 500 g/mol. The van der Waals surface area contributed by atoms with Gasteiger partial charge in [0.25, 0.3) is 5.91 Å². The molecule has 13 nitrogen and oxygen atoms in total. The highest BCUT2D eigenvalue weighted by Crippen LogP contribution is 2.31. The molecule has 37 heavy (non-hydrogen) atoms. The SMILES string of the molecule is Cc1cc(N2CC(O)(C(=O)Nc3ccc(N(C)C)cn3)C2)nc2c1c(=O)c(C(=O)O)cn2-c1ncns1. The van der Waals surface area contributed by atoms with Gasteiger partial charge in [0, 0.05) is 31.8 Å². The van der Waals surface area contributed by atoms with Crippen molar-refractivity contribution in [1.29, 1.82) is 0 Å². The van der Waals surface area contributed by atoms with Crippen molar-refractivity contribution in [2.75, 3.05) is 42.3 Å². The van der Waals surface area contributed by atoms with Crippen molar-refractivity contribution in [1.82, 2.24) is 23.9 Å². The van der Waals surface area contributed by atoms with E-state index in [1.54, 1.807) is 36.2 Å². The number of nitrogens with one attached hydrogen (secondary N) is 1. The van der Waals surface area contributed by atoms with E-state index in [-0.39, 0.29) is 24.1 Å². The summed E-state index contributed by atoms with van der Waals surface area (Å²) in [5, 5.41) is 23.5. The van der Waals surface area contributed by atoms with Gasteiger partial charge < -0.3 is 25.3 Å². The van der Waals surface area contributed by atoms with Crippen LogP contribution in [0.2, 0.25) is 0 Å². The number of carbonyl (C=O) groups is 2. The number of aromatic nitrogens is 5. The predicted molar refractivity (Wildman–Crippen MR) is 137 cm³/mol. The second-order valence-electron chi connectivity index (χ2n) is 8.90. The highest BCUT2D eigenvalue weighted by atomic mass is 32.1. The van der Waals surface area contributed by atoms with Crippen LogP contribution in [0.4, 0.5) is 17.3 Å². The third-order valence-corrected chi connectivity index (χ3v) is 6.75. The van der Waals surface area contributed by atoms with E-state index >= 15 is 0 Å². The number of carbonyl (C=O) groups excluding carboxylic acids is 1. The number of amides is 1. The molecule has 1 fully saturated rings. The maximum atomic E-state index is 12.9. The van der Waals surface area contributed by atoms with Crippen molar-refractivity contribution in [3.05, 3.63) is 58.3 Å². The van der Waals surface area contributed by atoms with Crippen LogP contribution in [0.5, 0.6) is 0 Å². The molecule has 1 aliphatic heterocycles. The van der Waals surface area contributed by atoms with Gasteiger partial charge in [-0.05, 0) is 30.7 Å². The summed E-state index contributed by atoms with van der Waals surface area (Å²) < 4.78 is 5.37. The number of carboxylic acid groups (broad SMARTS) is 1. The average Bonchev–Trinajstić information content (AvgIpc) is 3.36. The fraction of sp³-hybridized carbons (Fsp3) is 0.261. The molecule has 1 saturated heterocycles. The number of rotatable bonds is 6. The summed E-state index contributed by atoms with van der Waals surface area (Å²) >= 11 is 1.02. The number of aromatic carboxylic acids is 1. The summed E-state index contributed by atoms with van der Waals surface area (Å²) in [6, 6.07) is 5.08. The van der Waals surface area contributed by atoms with Gasteiger partial charge in [0.15, 0.2) is 11.2 Å². The van der Waals surface area contributed by atoms with Gasteiger partial charge in [0.05, 0.1) is 30.4 Å². The van der Waals surface area contributed by atoms with Crippen LogP contribution in [-0.2, 0) is 4.79 Å². The molecule has 14 heteroatoms. The van der Waals surface area contributed by atoms with Crippen molar-refractivity contribution < 1.29 is 19.8 Å². The molecule has 1 aliphatic rings. The molecule has 0 aliphatic carbocycles. The summed E-state index contributed by atoms with van der Waals surface area (Å²) in [7, 11) is 3.75. The Morgan fingerprint density at radius 2 is 1.97 bits per heavy atom. The molecule has 4 aromatic heterocycles. The Hall–Kier alpha value is -4.43. The van der Waals surface area contributed by atoms with Gasteiger partial charge in [-0.3, -0.25) is 14.2 Å². The molecule has 0 saturated carbocycles. The Bertz CT molecular complexity index is 1580. The van der Waals surface area contributed by atoms with E-state index in [0.717, 1.165) is 17.2 Å². The summed E-state index contributed by atoms with van der Waals surface area (Å²) in [5.74, 6) is -1.23. The monoisotopic (exact) mass is 522 g/mol. The third kappa shape index (κ3) is 4.25. The zero-order chi connectivity index (χ0) is 26.5. The average molecular weight is 523 g/mol. The van der Waals surface area contributed by atoms with E-state index in [4.69, 9.17) is 0 Å². The number of β-amino-alcohol motifs (C(OH)–C–C–N with tert-alkyl or cyclic N) is 1.